The summed E-state index contributed by atoms with van der Waals surface area (Å²) in [5.74, 6) is -0.105. The summed E-state index contributed by atoms with van der Waals surface area (Å²) in [7, 11) is -2.22. The van der Waals surface area contributed by atoms with E-state index in [9.17, 15) is 13.2 Å². The van der Waals surface area contributed by atoms with Crippen molar-refractivity contribution in [3.8, 4) is 5.75 Å². The second-order valence-electron chi connectivity index (χ2n) is 6.95. The van der Waals surface area contributed by atoms with Crippen LogP contribution in [0.1, 0.15) is 41.6 Å². The summed E-state index contributed by atoms with van der Waals surface area (Å²) < 4.78 is 32.9. The molecule has 1 aliphatic heterocycles. The molecule has 156 valence electrons. The first kappa shape index (κ1) is 21.6. The van der Waals surface area contributed by atoms with Gasteiger partial charge in [-0.1, -0.05) is 42.6 Å². The van der Waals surface area contributed by atoms with Gasteiger partial charge in [0.05, 0.1) is 17.6 Å². The third-order valence-corrected chi connectivity index (χ3v) is 7.28. The number of hydrogen-bond acceptors (Lipinski definition) is 4. The van der Waals surface area contributed by atoms with Crippen LogP contribution in [0.2, 0.25) is 5.02 Å². The molecule has 0 atom stereocenters. The Balaban J connectivity index is 1.84. The van der Waals surface area contributed by atoms with Crippen LogP contribution >= 0.6 is 11.6 Å². The number of nitrogens with one attached hydrogen (secondary N) is 1. The van der Waals surface area contributed by atoms with Gasteiger partial charge < -0.3 is 10.1 Å². The molecule has 1 saturated heterocycles. The maximum absolute atomic E-state index is 13.1. The van der Waals surface area contributed by atoms with Gasteiger partial charge in [0.15, 0.2) is 0 Å². The molecule has 29 heavy (non-hydrogen) atoms. The lowest BCUT2D eigenvalue weighted by Crippen LogP contribution is -2.32. The number of methoxy groups -OCH3 is 1. The molecule has 1 amide bonds. The number of carbonyl (C=O) groups is 1. The van der Waals surface area contributed by atoms with Gasteiger partial charge >= 0.3 is 0 Å². The monoisotopic (exact) mass is 436 g/mol. The molecule has 1 aliphatic rings. The molecule has 6 nitrogen and oxygen atoms in total. The Bertz CT molecular complexity index is 970. The number of ether oxygens (including phenoxy) is 1. The average Bonchev–Trinajstić information content (AvgIpc) is 3.02. The van der Waals surface area contributed by atoms with E-state index in [1.165, 1.54) is 29.6 Å². The highest BCUT2D eigenvalue weighted by molar-refractivity contribution is 7.89. The van der Waals surface area contributed by atoms with Crippen LogP contribution in [0.4, 0.5) is 0 Å². The number of carbonyl (C=O) groups excluding carboxylic acids is 1. The highest BCUT2D eigenvalue weighted by atomic mass is 35.5. The quantitative estimate of drug-likeness (QED) is 0.746. The van der Waals surface area contributed by atoms with E-state index in [1.807, 2.05) is 18.2 Å². The van der Waals surface area contributed by atoms with Gasteiger partial charge in [0, 0.05) is 24.7 Å². The van der Waals surface area contributed by atoms with E-state index in [2.05, 4.69) is 5.32 Å². The van der Waals surface area contributed by atoms with Crippen LogP contribution in [0.5, 0.6) is 5.75 Å². The predicted molar refractivity (Wildman–Crippen MR) is 113 cm³/mol. The lowest BCUT2D eigenvalue weighted by Gasteiger charge is -2.20. The van der Waals surface area contributed by atoms with Crippen molar-refractivity contribution in [2.45, 2.75) is 37.1 Å². The fourth-order valence-electron chi connectivity index (χ4n) is 3.37. The summed E-state index contributed by atoms with van der Waals surface area (Å²) in [4.78, 5) is 12.9. The number of rotatable bonds is 6. The summed E-state index contributed by atoms with van der Waals surface area (Å²) in [6, 6.07) is 11.6. The van der Waals surface area contributed by atoms with Crippen LogP contribution in [-0.4, -0.2) is 38.8 Å². The summed E-state index contributed by atoms with van der Waals surface area (Å²) >= 11 is 6.14. The number of amides is 1. The van der Waals surface area contributed by atoms with E-state index in [4.69, 9.17) is 16.3 Å². The zero-order valence-corrected chi connectivity index (χ0v) is 17.9. The molecule has 2 aromatic rings. The molecule has 0 unspecified atom stereocenters. The topological polar surface area (TPSA) is 75.7 Å². The second-order valence-corrected chi connectivity index (χ2v) is 9.30. The smallest absolute Gasteiger partial charge is 0.255 e. The highest BCUT2D eigenvalue weighted by Crippen LogP contribution is 2.26. The molecule has 3 rings (SSSR count). The Morgan fingerprint density at radius 3 is 2.45 bits per heavy atom. The minimum atomic E-state index is -3.66. The number of nitrogens with zero attached hydrogens (tertiary/aromatic N) is 1. The Kier molecular flexibility index (Phi) is 7.16. The van der Waals surface area contributed by atoms with Gasteiger partial charge in [0.25, 0.3) is 5.91 Å². The molecular formula is C21H25ClN2O4S. The minimum Gasteiger partial charge on any atom is -0.496 e. The first-order valence-corrected chi connectivity index (χ1v) is 11.4. The van der Waals surface area contributed by atoms with Crippen LogP contribution in [0.15, 0.2) is 47.4 Å². The maximum atomic E-state index is 13.1. The zero-order chi connectivity index (χ0) is 20.9. The Labute approximate surface area is 176 Å². The summed E-state index contributed by atoms with van der Waals surface area (Å²) in [6.07, 6.45) is 3.76. The van der Waals surface area contributed by atoms with Gasteiger partial charge in [-0.15, -0.1) is 0 Å². The van der Waals surface area contributed by atoms with Crippen molar-refractivity contribution >= 4 is 27.5 Å². The summed E-state index contributed by atoms with van der Waals surface area (Å²) in [5, 5.41) is 3.34. The van der Waals surface area contributed by atoms with Crippen molar-refractivity contribution in [3.63, 3.8) is 0 Å². The van der Waals surface area contributed by atoms with Crippen molar-refractivity contribution in [2.75, 3.05) is 20.2 Å². The van der Waals surface area contributed by atoms with Gasteiger partial charge in [-0.05, 0) is 42.7 Å². The fraction of sp³-hybridized carbons (Fsp3) is 0.381. The number of hydrogen-bond donors (Lipinski definition) is 1. The predicted octanol–water partition coefficient (Wildman–Crippen LogP) is 3.84. The largest absolute Gasteiger partial charge is 0.496 e. The van der Waals surface area contributed by atoms with Gasteiger partial charge in [0.1, 0.15) is 5.75 Å². The van der Waals surface area contributed by atoms with Crippen LogP contribution in [0.3, 0.4) is 0 Å². The lowest BCUT2D eigenvalue weighted by atomic mass is 10.1. The van der Waals surface area contributed by atoms with E-state index in [0.717, 1.165) is 31.2 Å². The standard InChI is InChI=1S/C21H25ClN2O4S/c1-28-20-11-10-17(29(26,27)24-12-6-2-3-7-13-24)14-18(20)21(25)23-15-16-8-4-5-9-19(16)22/h4-5,8-11,14H,2-3,6-7,12-13,15H2,1H3,(H,23,25). The molecule has 8 heteroatoms. The molecule has 0 radical (unpaired) electrons. The fourth-order valence-corrected chi connectivity index (χ4v) is 5.11. The minimum absolute atomic E-state index is 0.100. The molecule has 0 bridgehead atoms. The number of sulfonamides is 1. The van der Waals surface area contributed by atoms with Crippen molar-refractivity contribution < 1.29 is 17.9 Å². The van der Waals surface area contributed by atoms with Crippen molar-refractivity contribution in [3.05, 3.63) is 58.6 Å². The molecule has 0 spiro atoms. The summed E-state index contributed by atoms with van der Waals surface area (Å²) in [5.41, 5.74) is 0.949. The van der Waals surface area contributed by atoms with E-state index < -0.39 is 15.9 Å². The van der Waals surface area contributed by atoms with Gasteiger partial charge in [-0.25, -0.2) is 8.42 Å². The summed E-state index contributed by atoms with van der Waals surface area (Å²) in [6.45, 7) is 1.23. The number of halogens is 1. The van der Waals surface area contributed by atoms with E-state index >= 15 is 0 Å². The van der Waals surface area contributed by atoms with E-state index in [1.54, 1.807) is 6.07 Å². The molecule has 0 aliphatic carbocycles. The number of benzene rings is 2. The molecule has 1 fully saturated rings. The molecule has 2 aromatic carbocycles. The van der Waals surface area contributed by atoms with Gasteiger partial charge in [0.2, 0.25) is 10.0 Å². The third-order valence-electron chi connectivity index (χ3n) is 5.02. The van der Waals surface area contributed by atoms with Crippen LogP contribution in [0, 0.1) is 0 Å². The first-order valence-electron chi connectivity index (χ1n) is 9.63. The highest BCUT2D eigenvalue weighted by Gasteiger charge is 2.27. The maximum Gasteiger partial charge on any atom is 0.255 e. The molecule has 1 N–H and O–H groups in total. The van der Waals surface area contributed by atoms with Gasteiger partial charge in [-0.2, -0.15) is 4.31 Å². The zero-order valence-electron chi connectivity index (χ0n) is 16.4. The average molecular weight is 437 g/mol. The van der Waals surface area contributed by atoms with Crippen molar-refractivity contribution in [2.24, 2.45) is 0 Å². The molecular weight excluding hydrogens is 412 g/mol. The lowest BCUT2D eigenvalue weighted by molar-refractivity contribution is 0.0947. The molecule has 0 saturated carbocycles. The Hall–Kier alpha value is -2.09. The van der Waals surface area contributed by atoms with Crippen LogP contribution in [-0.2, 0) is 16.6 Å². The second kappa shape index (κ2) is 9.61. The first-order chi connectivity index (χ1) is 13.9. The SMILES string of the molecule is COc1ccc(S(=O)(=O)N2CCCCCC2)cc1C(=O)NCc1ccccc1Cl. The molecule has 0 aromatic heterocycles. The van der Waals surface area contributed by atoms with Crippen molar-refractivity contribution in [1.29, 1.82) is 0 Å². The normalized spacial score (nSPS) is 15.5. The van der Waals surface area contributed by atoms with Crippen LogP contribution in [0.25, 0.3) is 0 Å². The van der Waals surface area contributed by atoms with E-state index in [0.29, 0.717) is 23.9 Å². The van der Waals surface area contributed by atoms with Crippen LogP contribution < -0.4 is 10.1 Å². The third kappa shape index (κ3) is 5.10. The Morgan fingerprint density at radius 2 is 1.79 bits per heavy atom. The Morgan fingerprint density at radius 1 is 1.10 bits per heavy atom. The van der Waals surface area contributed by atoms with E-state index in [-0.39, 0.29) is 17.0 Å². The van der Waals surface area contributed by atoms with Crippen molar-refractivity contribution in [1.82, 2.24) is 9.62 Å². The molecule has 1 heterocycles. The van der Waals surface area contributed by atoms with Gasteiger partial charge in [-0.3, -0.25) is 4.79 Å².